The van der Waals surface area contributed by atoms with Crippen molar-refractivity contribution in [2.45, 2.75) is 60.3 Å². The van der Waals surface area contributed by atoms with Gasteiger partial charge < -0.3 is 62.8 Å². The van der Waals surface area contributed by atoms with Gasteiger partial charge in [0.15, 0.2) is 17.4 Å². The van der Waals surface area contributed by atoms with Crippen LogP contribution in [0.4, 0.5) is 9.59 Å². The third-order valence-electron chi connectivity index (χ3n) is 10.1. The maximum Gasteiger partial charge on any atom is 0.407 e. The third-order valence-corrected chi connectivity index (χ3v) is 11.6. The number of urea groups is 1. The number of carbonyl (C=O) groups is 5. The third kappa shape index (κ3) is 6.89. The number of nitrogens with zero attached hydrogens (tertiary/aromatic N) is 2. The smallest absolute Gasteiger partial charge is 0.407 e. The molecule has 4 fully saturated rings. The van der Waals surface area contributed by atoms with Crippen LogP contribution in [0, 0.1) is 0 Å². The Kier molecular flexibility index (Phi) is 9.56. The van der Waals surface area contributed by atoms with E-state index in [1.165, 1.54) is 12.1 Å². The lowest BCUT2D eigenvalue weighted by Crippen LogP contribution is -2.77. The summed E-state index contributed by atoms with van der Waals surface area (Å²) in [6, 6.07) is 11.1. The van der Waals surface area contributed by atoms with Gasteiger partial charge in [-0.2, -0.15) is 11.8 Å². The highest BCUT2D eigenvalue weighted by atomic mass is 32.2. The Labute approximate surface area is 307 Å². The van der Waals surface area contributed by atoms with Crippen molar-refractivity contribution >= 4 is 47.4 Å². The molecule has 5 aliphatic rings. The number of amides is 5. The van der Waals surface area contributed by atoms with Gasteiger partial charge in [0.25, 0.3) is 5.91 Å². The number of nitrogens with two attached hydrogens (primary N) is 1. The molecule has 5 aliphatic heterocycles. The number of benzene rings is 2. The minimum atomic E-state index is -2.15. The van der Waals surface area contributed by atoms with Crippen LogP contribution in [0.2, 0.25) is 0 Å². The van der Waals surface area contributed by atoms with Crippen molar-refractivity contribution in [1.29, 1.82) is 0 Å². The summed E-state index contributed by atoms with van der Waals surface area (Å²) in [5.74, 6) is -1.88. The maximum atomic E-state index is 13.1. The summed E-state index contributed by atoms with van der Waals surface area (Å²) >= 11 is 1.62. The molecular formula is C34H40N10O8S. The van der Waals surface area contributed by atoms with Gasteiger partial charge in [0.1, 0.15) is 12.6 Å². The van der Waals surface area contributed by atoms with Crippen molar-refractivity contribution in [2.75, 3.05) is 25.6 Å². The van der Waals surface area contributed by atoms with Gasteiger partial charge in [-0.3, -0.25) is 14.4 Å². The van der Waals surface area contributed by atoms with Gasteiger partial charge in [0, 0.05) is 53.6 Å². The quantitative estimate of drug-likeness (QED) is 0.0701. The zero-order valence-electron chi connectivity index (χ0n) is 28.4. The second-order valence-electron chi connectivity index (χ2n) is 13.4. The van der Waals surface area contributed by atoms with E-state index >= 15 is 0 Å². The number of guanidine groups is 1. The first kappa shape index (κ1) is 35.9. The molecule has 0 bridgehead atoms. The normalized spacial score (nSPS) is 27.5. The first-order valence-electron chi connectivity index (χ1n) is 17.0. The Morgan fingerprint density at radius 3 is 2.43 bits per heavy atom. The fourth-order valence-corrected chi connectivity index (χ4v) is 8.92. The number of nitrogens with one attached hydrogen (secondary N) is 7. The van der Waals surface area contributed by atoms with Gasteiger partial charge in [-0.1, -0.05) is 43.0 Å². The number of rotatable bonds is 11. The molecule has 4 unspecified atom stereocenters. The number of thioether (sulfide) groups is 1. The molecule has 5 heterocycles. The summed E-state index contributed by atoms with van der Waals surface area (Å²) in [4.78, 5) is 68.3. The number of alkyl carbamates (subject to hydrolysis) is 1. The fraction of sp³-hybridized carbons (Fsp3) is 0.412. The molecule has 6 atom stereocenters. The second-order valence-corrected chi connectivity index (χ2v) is 14.7. The zero-order valence-corrected chi connectivity index (χ0v) is 29.2. The van der Waals surface area contributed by atoms with E-state index in [1.54, 1.807) is 53.1 Å². The molecule has 1 spiro atoms. The van der Waals surface area contributed by atoms with E-state index in [0.29, 0.717) is 34.6 Å². The molecule has 0 radical (unpaired) electrons. The van der Waals surface area contributed by atoms with E-state index in [4.69, 9.17) is 10.5 Å². The van der Waals surface area contributed by atoms with Crippen LogP contribution in [0.25, 0.3) is 0 Å². The van der Waals surface area contributed by atoms with Crippen LogP contribution in [0.5, 0.6) is 0 Å². The zero-order chi connectivity index (χ0) is 37.5. The van der Waals surface area contributed by atoms with E-state index in [9.17, 15) is 34.2 Å². The lowest BCUT2D eigenvalue weighted by Gasteiger charge is -2.51. The van der Waals surface area contributed by atoms with E-state index in [2.05, 4.69) is 48.8 Å². The first-order chi connectivity index (χ1) is 25.3. The fourth-order valence-electron chi connectivity index (χ4n) is 7.44. The highest BCUT2D eigenvalue weighted by molar-refractivity contribution is 8.00. The van der Waals surface area contributed by atoms with Crippen molar-refractivity contribution in [2.24, 2.45) is 10.7 Å². The number of hydrogen-bond donors (Lipinski definition) is 10. The summed E-state index contributed by atoms with van der Waals surface area (Å²) in [5, 5.41) is 41.3. The van der Waals surface area contributed by atoms with Crippen LogP contribution in [-0.2, 0) is 16.1 Å². The summed E-state index contributed by atoms with van der Waals surface area (Å²) in [7, 11) is 0. The molecule has 0 aliphatic carbocycles. The van der Waals surface area contributed by atoms with Gasteiger partial charge in [0.2, 0.25) is 11.7 Å². The molecule has 0 saturated carbocycles. The molecule has 53 heavy (non-hydrogen) atoms. The van der Waals surface area contributed by atoms with Crippen LogP contribution in [0.15, 0.2) is 65.9 Å². The van der Waals surface area contributed by atoms with Crippen LogP contribution in [0.1, 0.15) is 44.7 Å². The second kappa shape index (κ2) is 14.1. The first-order valence-corrected chi connectivity index (χ1v) is 18.1. The Morgan fingerprint density at radius 1 is 1.00 bits per heavy atom. The Bertz CT molecular complexity index is 1860. The highest BCUT2D eigenvalue weighted by Gasteiger charge is 2.69. The van der Waals surface area contributed by atoms with Gasteiger partial charge in [-0.05, 0) is 17.7 Å². The summed E-state index contributed by atoms with van der Waals surface area (Å²) in [6.45, 7) is 4.17. The van der Waals surface area contributed by atoms with E-state index in [0.717, 1.165) is 5.75 Å². The summed E-state index contributed by atoms with van der Waals surface area (Å²) < 4.78 is 5.44. The topological polar surface area (TPSA) is 261 Å². The van der Waals surface area contributed by atoms with Gasteiger partial charge in [-0.15, -0.1) is 0 Å². The Balaban J connectivity index is 0.842. The monoisotopic (exact) mass is 748 g/mol. The minimum absolute atomic E-state index is 0.0166. The average Bonchev–Trinajstić information content (AvgIpc) is 3.87. The molecule has 11 N–H and O–H groups in total. The predicted molar refractivity (Wildman–Crippen MR) is 191 cm³/mol. The lowest BCUT2D eigenvalue weighted by molar-refractivity contribution is -0.229. The molecule has 19 heteroatoms. The standard InChI is InChI=1S/C34H40N10O8S/c1-17-39-22(28-34(43-30(35)42-28)33(50,51)10-11-44(17)34)14-52-32(49)36-13-18-2-4-19(5-3-18)27(46)20-6-8-21(9-7-20)29(47)38-16-37-25(45)12-24-26-23(15-53-24)40-31(48)41-26/h2-9,22-24,26,28,39,50-51H,1,10-16H2,(H,36,49)(H,37,45)(H,38,47)(H3,35,42,43)(H2,40,41,48)/t22?,23-,24?,26-,28?,34?/m0/s1. The van der Waals surface area contributed by atoms with Crippen LogP contribution < -0.4 is 43.0 Å². The molecule has 0 aromatic heterocycles. The number of aliphatic hydroxyl groups is 2. The Morgan fingerprint density at radius 2 is 1.70 bits per heavy atom. The summed E-state index contributed by atoms with van der Waals surface area (Å²) in [5.41, 5.74) is 6.29. The number of aliphatic imine (C=N–C) groups is 1. The predicted octanol–water partition coefficient (Wildman–Crippen LogP) is -1.68. The molecular weight excluding hydrogens is 709 g/mol. The molecule has 5 amide bonds. The van der Waals surface area contributed by atoms with Crippen molar-refractivity contribution in [3.05, 3.63) is 83.2 Å². The summed E-state index contributed by atoms with van der Waals surface area (Å²) in [6.07, 6.45) is -0.462. The van der Waals surface area contributed by atoms with Crippen molar-refractivity contribution in [3.63, 3.8) is 0 Å². The van der Waals surface area contributed by atoms with Gasteiger partial charge in [0.05, 0.1) is 30.6 Å². The number of fused-ring (bicyclic) bond motifs is 1. The van der Waals surface area contributed by atoms with Crippen LogP contribution in [-0.4, -0.2) is 117 Å². The number of hydrogen-bond acceptors (Lipinski definition) is 14. The maximum absolute atomic E-state index is 13.1. The van der Waals surface area contributed by atoms with Gasteiger partial charge >= 0.3 is 12.1 Å². The highest BCUT2D eigenvalue weighted by Crippen LogP contribution is 2.45. The van der Waals surface area contributed by atoms with Crippen molar-refractivity contribution in [1.82, 2.24) is 42.1 Å². The number of carbonyl (C=O) groups excluding carboxylic acids is 5. The molecule has 7 rings (SSSR count). The number of ether oxygens (including phenoxy) is 1. The molecule has 280 valence electrons. The van der Waals surface area contributed by atoms with Crippen molar-refractivity contribution in [3.8, 4) is 0 Å². The molecule has 2 aromatic rings. The van der Waals surface area contributed by atoms with E-state index < -0.39 is 35.5 Å². The average molecular weight is 749 g/mol. The van der Waals surface area contributed by atoms with Crippen molar-refractivity contribution < 1.29 is 38.9 Å². The SMILES string of the molecule is C=C1NC(COC(=O)NCc2ccc(C(=O)c3ccc(C(=O)NCNC(=O)CC4SC[C@@H]5NC(=O)N[C@H]45)cc3)cc2)C2N=C(N)NC23N1CCC3(O)O. The molecule has 4 saturated heterocycles. The van der Waals surface area contributed by atoms with E-state index in [1.807, 2.05) is 0 Å². The van der Waals surface area contributed by atoms with Crippen LogP contribution >= 0.6 is 11.8 Å². The van der Waals surface area contributed by atoms with E-state index in [-0.39, 0.29) is 73.7 Å². The largest absolute Gasteiger partial charge is 0.447 e. The molecule has 2 aromatic carbocycles. The molecule has 18 nitrogen and oxygen atoms in total. The minimum Gasteiger partial charge on any atom is -0.447 e. The van der Waals surface area contributed by atoms with Crippen LogP contribution in [0.3, 0.4) is 0 Å². The lowest BCUT2D eigenvalue weighted by atomic mass is 9.86. The number of ketones is 1. The Hall–Kier alpha value is -5.53. The van der Waals surface area contributed by atoms with Gasteiger partial charge in [-0.25, -0.2) is 14.6 Å².